The van der Waals surface area contributed by atoms with Gasteiger partial charge in [0.25, 0.3) is 11.2 Å². The van der Waals surface area contributed by atoms with E-state index >= 15 is 0 Å². The number of nitrogens with one attached hydrogen (secondary N) is 1. The SMILES string of the molecule is CCN(CC)C(=O)CSc1[nH]c2c(c(=O)n(C)c(=O)n2C)[n+]1Cc1ccccc1C. The number of carbonyl (C=O) groups is 1. The van der Waals surface area contributed by atoms with Crippen molar-refractivity contribution in [1.82, 2.24) is 19.0 Å². The molecule has 9 heteroatoms. The second-order valence-corrected chi connectivity index (χ2v) is 8.16. The van der Waals surface area contributed by atoms with Gasteiger partial charge in [-0.1, -0.05) is 24.3 Å². The largest absolute Gasteiger partial charge is 0.343 e. The molecule has 160 valence electrons. The third kappa shape index (κ3) is 3.94. The fraction of sp³-hybridized carbons (Fsp3) is 0.429. The van der Waals surface area contributed by atoms with Crippen molar-refractivity contribution in [2.24, 2.45) is 14.1 Å². The van der Waals surface area contributed by atoms with Crippen LogP contribution in [0.25, 0.3) is 11.2 Å². The number of amides is 1. The minimum absolute atomic E-state index is 0.0351. The quantitative estimate of drug-likeness (QED) is 0.451. The van der Waals surface area contributed by atoms with Gasteiger partial charge in [-0.15, -0.1) is 0 Å². The Balaban J connectivity index is 2.13. The van der Waals surface area contributed by atoms with Gasteiger partial charge in [-0.2, -0.15) is 0 Å². The van der Waals surface area contributed by atoms with Gasteiger partial charge in [0.1, 0.15) is 6.54 Å². The molecule has 0 spiro atoms. The summed E-state index contributed by atoms with van der Waals surface area (Å²) in [6.07, 6.45) is 0. The number of hydrogen-bond acceptors (Lipinski definition) is 4. The zero-order chi connectivity index (χ0) is 22.0. The average Bonchev–Trinajstić information content (AvgIpc) is 3.10. The summed E-state index contributed by atoms with van der Waals surface area (Å²) in [7, 11) is 3.11. The lowest BCUT2D eigenvalue weighted by atomic mass is 10.1. The van der Waals surface area contributed by atoms with Crippen LogP contribution in [0.1, 0.15) is 25.0 Å². The first kappa shape index (κ1) is 21.9. The zero-order valence-electron chi connectivity index (χ0n) is 18.1. The van der Waals surface area contributed by atoms with Crippen molar-refractivity contribution in [3.05, 3.63) is 56.2 Å². The van der Waals surface area contributed by atoms with E-state index in [1.54, 1.807) is 11.9 Å². The predicted octanol–water partition coefficient (Wildman–Crippen LogP) is 1.17. The van der Waals surface area contributed by atoms with E-state index in [9.17, 15) is 14.4 Å². The number of hydrogen-bond donors (Lipinski definition) is 1. The van der Waals surface area contributed by atoms with Crippen molar-refractivity contribution in [3.63, 3.8) is 0 Å². The van der Waals surface area contributed by atoms with E-state index < -0.39 is 5.69 Å². The van der Waals surface area contributed by atoms with Crippen LogP contribution in [0.15, 0.2) is 39.0 Å². The van der Waals surface area contributed by atoms with E-state index in [1.807, 2.05) is 49.6 Å². The first-order chi connectivity index (χ1) is 14.3. The molecule has 0 bridgehead atoms. The molecule has 0 aliphatic heterocycles. The van der Waals surface area contributed by atoms with Crippen molar-refractivity contribution < 1.29 is 9.36 Å². The molecule has 0 saturated carbocycles. The van der Waals surface area contributed by atoms with Gasteiger partial charge >= 0.3 is 16.4 Å². The second-order valence-electron chi connectivity index (χ2n) is 7.20. The van der Waals surface area contributed by atoms with Gasteiger partial charge in [-0.3, -0.25) is 18.7 Å². The number of benzene rings is 1. The third-order valence-electron chi connectivity index (χ3n) is 5.42. The predicted molar refractivity (Wildman–Crippen MR) is 118 cm³/mol. The Hall–Kier alpha value is -2.81. The molecule has 0 aliphatic rings. The minimum atomic E-state index is -0.396. The van der Waals surface area contributed by atoms with Gasteiger partial charge in [0.2, 0.25) is 5.91 Å². The van der Waals surface area contributed by atoms with Crippen LogP contribution in [0.4, 0.5) is 0 Å². The summed E-state index contributed by atoms with van der Waals surface area (Å²) in [6, 6.07) is 7.97. The van der Waals surface area contributed by atoms with Crippen LogP contribution in [0.3, 0.4) is 0 Å². The summed E-state index contributed by atoms with van der Waals surface area (Å²) in [5.74, 6) is 0.282. The highest BCUT2D eigenvalue weighted by Crippen LogP contribution is 2.18. The number of thioether (sulfide) groups is 1. The maximum absolute atomic E-state index is 13.0. The highest BCUT2D eigenvalue weighted by atomic mass is 32.2. The fourth-order valence-corrected chi connectivity index (χ4v) is 4.43. The zero-order valence-corrected chi connectivity index (χ0v) is 18.9. The van der Waals surface area contributed by atoms with Crippen LogP contribution in [0.2, 0.25) is 0 Å². The number of nitrogens with zero attached hydrogens (tertiary/aromatic N) is 4. The number of fused-ring (bicyclic) bond motifs is 1. The number of H-pyrrole nitrogens is 1. The van der Waals surface area contributed by atoms with Crippen LogP contribution in [0.5, 0.6) is 0 Å². The number of aromatic amines is 1. The van der Waals surface area contributed by atoms with E-state index in [4.69, 9.17) is 0 Å². The summed E-state index contributed by atoms with van der Waals surface area (Å²) in [5.41, 5.74) is 2.29. The molecule has 1 amide bonds. The van der Waals surface area contributed by atoms with Crippen molar-refractivity contribution in [1.29, 1.82) is 0 Å². The Kier molecular flexibility index (Phi) is 6.50. The van der Waals surface area contributed by atoms with Crippen LogP contribution in [0, 0.1) is 6.92 Å². The molecule has 0 aliphatic carbocycles. The Bertz CT molecular complexity index is 1200. The molecule has 2 aromatic heterocycles. The summed E-state index contributed by atoms with van der Waals surface area (Å²) >= 11 is 1.35. The minimum Gasteiger partial charge on any atom is -0.343 e. The van der Waals surface area contributed by atoms with E-state index in [0.717, 1.165) is 15.7 Å². The summed E-state index contributed by atoms with van der Waals surface area (Å²) in [6.45, 7) is 7.69. The molecular formula is C21H28N5O3S+. The third-order valence-corrected chi connectivity index (χ3v) is 6.41. The molecule has 0 fully saturated rings. The average molecular weight is 431 g/mol. The van der Waals surface area contributed by atoms with E-state index in [-0.39, 0.29) is 17.2 Å². The Morgan fingerprint density at radius 2 is 1.80 bits per heavy atom. The summed E-state index contributed by atoms with van der Waals surface area (Å²) in [4.78, 5) is 42.9. The number of carbonyl (C=O) groups excluding carboxylic acids is 1. The fourth-order valence-electron chi connectivity index (χ4n) is 3.50. The van der Waals surface area contributed by atoms with E-state index in [1.165, 1.54) is 23.4 Å². The van der Waals surface area contributed by atoms with Crippen molar-refractivity contribution in [2.45, 2.75) is 32.5 Å². The molecule has 1 aromatic carbocycles. The lowest BCUT2D eigenvalue weighted by molar-refractivity contribution is -0.700. The van der Waals surface area contributed by atoms with Crippen molar-refractivity contribution in [2.75, 3.05) is 18.8 Å². The van der Waals surface area contributed by atoms with Crippen LogP contribution < -0.4 is 15.8 Å². The first-order valence-corrected chi connectivity index (χ1v) is 10.9. The molecule has 0 unspecified atom stereocenters. The molecule has 0 radical (unpaired) electrons. The highest BCUT2D eigenvalue weighted by molar-refractivity contribution is 7.99. The highest BCUT2D eigenvalue weighted by Gasteiger charge is 2.27. The number of aromatic nitrogens is 4. The second kappa shape index (κ2) is 8.91. The molecular weight excluding hydrogens is 402 g/mol. The summed E-state index contributed by atoms with van der Waals surface area (Å²) in [5, 5.41) is 0.673. The van der Waals surface area contributed by atoms with Gasteiger partial charge in [0.15, 0.2) is 0 Å². The monoisotopic (exact) mass is 430 g/mol. The molecule has 30 heavy (non-hydrogen) atoms. The Morgan fingerprint density at radius 1 is 1.13 bits per heavy atom. The van der Waals surface area contributed by atoms with Crippen molar-refractivity contribution >= 4 is 28.8 Å². The smallest absolute Gasteiger partial charge is 0.333 e. The molecule has 1 N–H and O–H groups in total. The lowest BCUT2D eigenvalue weighted by Gasteiger charge is -2.17. The maximum Gasteiger partial charge on any atom is 0.333 e. The Labute approximate surface area is 179 Å². The standard InChI is InChI=1S/C21H27N5O3S/c1-6-25(7-2)16(27)13-30-20-22-18-17(19(28)24(5)21(29)23(18)4)26(20)12-15-11-9-8-10-14(15)3/h8-11H,6-7,12-13H2,1-5H3/p+1. The van der Waals surface area contributed by atoms with Crippen LogP contribution in [-0.2, 0) is 25.4 Å². The van der Waals surface area contributed by atoms with Gasteiger partial charge in [-0.05, 0) is 43.7 Å². The van der Waals surface area contributed by atoms with Crippen LogP contribution >= 0.6 is 11.8 Å². The molecule has 8 nitrogen and oxygen atoms in total. The Morgan fingerprint density at radius 3 is 2.43 bits per heavy atom. The summed E-state index contributed by atoms with van der Waals surface area (Å²) < 4.78 is 4.42. The maximum atomic E-state index is 13.0. The topological polar surface area (TPSA) is 84.0 Å². The molecule has 3 rings (SSSR count). The van der Waals surface area contributed by atoms with Gasteiger partial charge in [0.05, 0.1) is 5.75 Å². The number of aryl methyl sites for hydroxylation is 2. The van der Waals surface area contributed by atoms with Crippen LogP contribution in [-0.4, -0.2) is 43.8 Å². The van der Waals surface area contributed by atoms with Gasteiger partial charge in [0, 0.05) is 27.2 Å². The van der Waals surface area contributed by atoms with Gasteiger partial charge in [-0.25, -0.2) is 14.3 Å². The normalized spacial score (nSPS) is 11.2. The molecule has 3 aromatic rings. The van der Waals surface area contributed by atoms with Crippen molar-refractivity contribution in [3.8, 4) is 0 Å². The first-order valence-electron chi connectivity index (χ1n) is 9.96. The van der Waals surface area contributed by atoms with E-state index in [0.29, 0.717) is 36.0 Å². The molecule has 0 saturated heterocycles. The lowest BCUT2D eigenvalue weighted by Crippen LogP contribution is -2.45. The number of rotatable bonds is 7. The number of imidazole rings is 1. The van der Waals surface area contributed by atoms with Gasteiger partial charge < -0.3 is 4.90 Å². The molecule has 2 heterocycles. The van der Waals surface area contributed by atoms with E-state index in [2.05, 4.69) is 4.98 Å². The molecule has 0 atom stereocenters.